The number of aliphatic hydroxyl groups is 1. The van der Waals surface area contributed by atoms with Gasteiger partial charge in [0, 0.05) is 25.7 Å². The Kier molecular flexibility index (Phi) is 6.94. The number of carbonyl (C=O) groups is 1. The van der Waals surface area contributed by atoms with E-state index in [0.717, 1.165) is 19.3 Å². The van der Waals surface area contributed by atoms with Crippen LogP contribution in [0.25, 0.3) is 0 Å². The minimum Gasteiger partial charge on any atom is -0.444 e. The summed E-state index contributed by atoms with van der Waals surface area (Å²) < 4.78 is 5.38. The Morgan fingerprint density at radius 3 is 2.38 bits per heavy atom. The van der Waals surface area contributed by atoms with Crippen LogP contribution in [0.15, 0.2) is 0 Å². The molecule has 1 amide bonds. The number of carbonyl (C=O) groups excluding carboxylic acids is 1. The number of nitrogens with zero attached hydrogens (tertiary/aromatic N) is 1. The second-order valence-corrected chi connectivity index (χ2v) is 7.43. The number of aliphatic hydroxyl groups excluding tert-OH is 1. The zero-order valence-electron chi connectivity index (χ0n) is 14.2. The van der Waals surface area contributed by atoms with Gasteiger partial charge < -0.3 is 20.1 Å². The molecule has 1 aliphatic heterocycles. The molecule has 0 radical (unpaired) electrons. The van der Waals surface area contributed by atoms with Gasteiger partial charge in [-0.1, -0.05) is 13.8 Å². The van der Waals surface area contributed by atoms with Crippen molar-refractivity contribution in [2.75, 3.05) is 19.6 Å². The lowest BCUT2D eigenvalue weighted by Crippen LogP contribution is -2.47. The fourth-order valence-corrected chi connectivity index (χ4v) is 2.52. The molecule has 1 saturated heterocycles. The summed E-state index contributed by atoms with van der Waals surface area (Å²) in [5, 5.41) is 13.3. The number of hydrogen-bond acceptors (Lipinski definition) is 4. The Balaban J connectivity index is 2.24. The van der Waals surface area contributed by atoms with E-state index < -0.39 is 5.60 Å². The molecule has 1 unspecified atom stereocenters. The summed E-state index contributed by atoms with van der Waals surface area (Å²) in [6.07, 6.45) is 2.14. The van der Waals surface area contributed by atoms with Gasteiger partial charge in [-0.25, -0.2) is 4.79 Å². The maximum Gasteiger partial charge on any atom is 0.410 e. The zero-order chi connectivity index (χ0) is 16.0. The number of amides is 1. The molecule has 0 aromatic rings. The van der Waals surface area contributed by atoms with Gasteiger partial charge in [-0.05, 0) is 46.0 Å². The standard InChI is InChI=1S/C16H32N2O3/c1-12(2)10-14(19)11-17-13-6-8-18(9-7-13)15(20)21-16(3,4)5/h12-14,17,19H,6-11H2,1-5H3. The van der Waals surface area contributed by atoms with Gasteiger partial charge in [-0.3, -0.25) is 0 Å². The quantitative estimate of drug-likeness (QED) is 0.818. The van der Waals surface area contributed by atoms with E-state index in [2.05, 4.69) is 19.2 Å². The number of likely N-dealkylation sites (tertiary alicyclic amines) is 1. The summed E-state index contributed by atoms with van der Waals surface area (Å²) in [6, 6.07) is 0.380. The molecule has 1 aliphatic rings. The largest absolute Gasteiger partial charge is 0.444 e. The molecule has 0 aromatic heterocycles. The molecular formula is C16H32N2O3. The second-order valence-electron chi connectivity index (χ2n) is 7.43. The van der Waals surface area contributed by atoms with E-state index in [4.69, 9.17) is 4.74 Å². The van der Waals surface area contributed by atoms with E-state index >= 15 is 0 Å². The van der Waals surface area contributed by atoms with Gasteiger partial charge in [-0.15, -0.1) is 0 Å². The normalized spacial score (nSPS) is 18.9. The van der Waals surface area contributed by atoms with Crippen molar-refractivity contribution in [3.05, 3.63) is 0 Å². The zero-order valence-corrected chi connectivity index (χ0v) is 14.2. The molecule has 1 heterocycles. The number of nitrogens with one attached hydrogen (secondary N) is 1. The first-order chi connectivity index (χ1) is 9.67. The minimum atomic E-state index is -0.437. The van der Waals surface area contributed by atoms with Crippen LogP contribution in [-0.2, 0) is 4.74 Å². The first kappa shape index (κ1) is 18.2. The fraction of sp³-hybridized carbons (Fsp3) is 0.938. The molecule has 5 nitrogen and oxygen atoms in total. The molecule has 124 valence electrons. The van der Waals surface area contributed by atoms with Crippen LogP contribution in [0.1, 0.15) is 53.9 Å². The van der Waals surface area contributed by atoms with Crippen LogP contribution >= 0.6 is 0 Å². The van der Waals surface area contributed by atoms with E-state index in [1.807, 2.05) is 20.8 Å². The van der Waals surface area contributed by atoms with E-state index in [-0.39, 0.29) is 12.2 Å². The molecule has 5 heteroatoms. The van der Waals surface area contributed by atoms with Crippen molar-refractivity contribution in [2.45, 2.75) is 71.6 Å². The molecule has 1 fully saturated rings. The maximum atomic E-state index is 12.0. The Hall–Kier alpha value is -0.810. The highest BCUT2D eigenvalue weighted by atomic mass is 16.6. The second kappa shape index (κ2) is 7.99. The average Bonchev–Trinajstić information content (AvgIpc) is 2.34. The molecule has 0 saturated carbocycles. The van der Waals surface area contributed by atoms with E-state index in [0.29, 0.717) is 31.6 Å². The number of ether oxygens (including phenoxy) is 1. The highest BCUT2D eigenvalue weighted by Gasteiger charge is 2.26. The first-order valence-electron chi connectivity index (χ1n) is 8.06. The Morgan fingerprint density at radius 1 is 1.33 bits per heavy atom. The predicted molar refractivity (Wildman–Crippen MR) is 84.3 cm³/mol. The molecule has 2 N–H and O–H groups in total. The molecule has 0 bridgehead atoms. The molecule has 0 aromatic carbocycles. The van der Waals surface area contributed by atoms with Crippen molar-refractivity contribution in [1.82, 2.24) is 10.2 Å². The summed E-state index contributed by atoms with van der Waals surface area (Å²) >= 11 is 0. The summed E-state index contributed by atoms with van der Waals surface area (Å²) in [7, 11) is 0. The van der Waals surface area contributed by atoms with Crippen molar-refractivity contribution in [2.24, 2.45) is 5.92 Å². The van der Waals surface area contributed by atoms with Crippen LogP contribution in [0.2, 0.25) is 0 Å². The Bertz CT molecular complexity index is 318. The van der Waals surface area contributed by atoms with Crippen LogP contribution in [0.5, 0.6) is 0 Å². The highest BCUT2D eigenvalue weighted by molar-refractivity contribution is 5.68. The lowest BCUT2D eigenvalue weighted by atomic mass is 10.0. The van der Waals surface area contributed by atoms with Crippen molar-refractivity contribution in [3.63, 3.8) is 0 Å². The van der Waals surface area contributed by atoms with Crippen LogP contribution in [0.3, 0.4) is 0 Å². The average molecular weight is 300 g/mol. The summed E-state index contributed by atoms with van der Waals surface area (Å²) in [5.74, 6) is 0.510. The van der Waals surface area contributed by atoms with Crippen molar-refractivity contribution >= 4 is 6.09 Å². The van der Waals surface area contributed by atoms with Gasteiger partial charge in [0.05, 0.1) is 6.10 Å². The third-order valence-corrected chi connectivity index (χ3v) is 3.53. The maximum absolute atomic E-state index is 12.0. The monoisotopic (exact) mass is 300 g/mol. The van der Waals surface area contributed by atoms with Gasteiger partial charge in [0.2, 0.25) is 0 Å². The Morgan fingerprint density at radius 2 is 1.90 bits per heavy atom. The van der Waals surface area contributed by atoms with Crippen molar-refractivity contribution < 1.29 is 14.6 Å². The number of piperidine rings is 1. The van der Waals surface area contributed by atoms with Crippen LogP contribution in [0, 0.1) is 5.92 Å². The molecule has 1 rings (SSSR count). The fourth-order valence-electron chi connectivity index (χ4n) is 2.52. The molecule has 0 spiro atoms. The number of hydrogen-bond donors (Lipinski definition) is 2. The number of rotatable bonds is 5. The third-order valence-electron chi connectivity index (χ3n) is 3.53. The molecular weight excluding hydrogens is 268 g/mol. The van der Waals surface area contributed by atoms with Crippen LogP contribution < -0.4 is 5.32 Å². The van der Waals surface area contributed by atoms with E-state index in [1.54, 1.807) is 4.90 Å². The van der Waals surface area contributed by atoms with E-state index in [9.17, 15) is 9.90 Å². The summed E-state index contributed by atoms with van der Waals surface area (Å²) in [4.78, 5) is 13.7. The highest BCUT2D eigenvalue weighted by Crippen LogP contribution is 2.15. The topological polar surface area (TPSA) is 61.8 Å². The van der Waals surface area contributed by atoms with Crippen molar-refractivity contribution in [1.29, 1.82) is 0 Å². The van der Waals surface area contributed by atoms with Crippen LogP contribution in [0.4, 0.5) is 4.79 Å². The molecule has 21 heavy (non-hydrogen) atoms. The molecule has 1 atom stereocenters. The van der Waals surface area contributed by atoms with Gasteiger partial charge in [0.1, 0.15) is 5.60 Å². The lowest BCUT2D eigenvalue weighted by Gasteiger charge is -2.34. The third kappa shape index (κ3) is 7.67. The summed E-state index contributed by atoms with van der Waals surface area (Å²) in [5.41, 5.74) is -0.437. The molecule has 0 aliphatic carbocycles. The van der Waals surface area contributed by atoms with Gasteiger partial charge in [0.25, 0.3) is 0 Å². The van der Waals surface area contributed by atoms with Crippen LogP contribution in [-0.4, -0.2) is 53.5 Å². The minimum absolute atomic E-state index is 0.221. The van der Waals surface area contributed by atoms with Gasteiger partial charge in [-0.2, -0.15) is 0 Å². The van der Waals surface area contributed by atoms with E-state index in [1.165, 1.54) is 0 Å². The summed E-state index contributed by atoms with van der Waals surface area (Å²) in [6.45, 7) is 11.9. The Labute approximate surface area is 129 Å². The van der Waals surface area contributed by atoms with Gasteiger partial charge >= 0.3 is 6.09 Å². The first-order valence-corrected chi connectivity index (χ1v) is 8.06. The van der Waals surface area contributed by atoms with Gasteiger partial charge in [0.15, 0.2) is 0 Å². The lowest BCUT2D eigenvalue weighted by molar-refractivity contribution is 0.0193. The smallest absolute Gasteiger partial charge is 0.410 e. The predicted octanol–water partition coefficient (Wildman–Crippen LogP) is 2.38. The van der Waals surface area contributed by atoms with Crippen molar-refractivity contribution in [3.8, 4) is 0 Å². The SMILES string of the molecule is CC(C)CC(O)CNC1CCN(C(=O)OC(C)(C)C)CC1.